The summed E-state index contributed by atoms with van der Waals surface area (Å²) in [4.78, 5) is 38.0. The van der Waals surface area contributed by atoms with Crippen LogP contribution >= 0.6 is 0 Å². The third-order valence-electron chi connectivity index (χ3n) is 7.61. The van der Waals surface area contributed by atoms with Crippen molar-refractivity contribution in [1.29, 1.82) is 0 Å². The van der Waals surface area contributed by atoms with Crippen LogP contribution < -0.4 is 5.32 Å². The van der Waals surface area contributed by atoms with Crippen LogP contribution in [0.4, 0.5) is 4.79 Å². The lowest BCUT2D eigenvalue weighted by molar-refractivity contribution is -0.138. The van der Waals surface area contributed by atoms with Crippen molar-refractivity contribution in [2.45, 2.75) is 25.7 Å². The number of aliphatic carboxylic acids is 1. The molecule has 5 rings (SSSR count). The maximum absolute atomic E-state index is 12.8. The molecule has 7 heteroatoms. The van der Waals surface area contributed by atoms with E-state index in [1.807, 2.05) is 31.2 Å². The number of carboxylic acids is 1. The minimum absolute atomic E-state index is 0.0117. The van der Waals surface area contributed by atoms with E-state index in [1.54, 1.807) is 4.90 Å². The van der Waals surface area contributed by atoms with Crippen LogP contribution in [0.15, 0.2) is 48.5 Å². The van der Waals surface area contributed by atoms with E-state index in [1.165, 1.54) is 22.3 Å². The average Bonchev–Trinajstić information content (AvgIpc) is 3.42. The van der Waals surface area contributed by atoms with Gasteiger partial charge >= 0.3 is 12.1 Å². The molecule has 2 aliphatic carbocycles. The van der Waals surface area contributed by atoms with Crippen LogP contribution in [-0.4, -0.2) is 54.2 Å². The molecule has 0 bridgehead atoms. The van der Waals surface area contributed by atoms with E-state index < -0.39 is 12.1 Å². The number of benzene rings is 2. The van der Waals surface area contributed by atoms with E-state index in [0.29, 0.717) is 19.6 Å². The second-order valence-corrected chi connectivity index (χ2v) is 9.89. The molecule has 7 nitrogen and oxygen atoms in total. The normalized spacial score (nSPS) is 24.9. The van der Waals surface area contributed by atoms with Crippen LogP contribution in [0.25, 0.3) is 11.1 Å². The topological polar surface area (TPSA) is 95.9 Å². The summed E-state index contributed by atoms with van der Waals surface area (Å²) < 4.78 is 5.58. The van der Waals surface area contributed by atoms with Gasteiger partial charge in [0.1, 0.15) is 6.61 Å². The summed E-state index contributed by atoms with van der Waals surface area (Å²) in [6, 6.07) is 16.4. The number of carbonyl (C=O) groups excluding carboxylic acids is 2. The Hall–Kier alpha value is -3.35. The molecule has 1 saturated carbocycles. The van der Waals surface area contributed by atoms with Crippen molar-refractivity contribution < 1.29 is 24.2 Å². The number of carbonyl (C=O) groups is 3. The molecule has 1 aliphatic heterocycles. The highest BCUT2D eigenvalue weighted by Crippen LogP contribution is 2.44. The molecule has 0 aromatic heterocycles. The van der Waals surface area contributed by atoms with Crippen LogP contribution in [0, 0.1) is 23.7 Å². The summed E-state index contributed by atoms with van der Waals surface area (Å²) in [5.41, 5.74) is 4.72. The van der Waals surface area contributed by atoms with Gasteiger partial charge < -0.3 is 20.1 Å². The maximum Gasteiger partial charge on any atom is 0.407 e. The summed E-state index contributed by atoms with van der Waals surface area (Å²) in [6.07, 6.45) is 0.385. The predicted molar refractivity (Wildman–Crippen MR) is 126 cm³/mol. The number of rotatable bonds is 7. The van der Waals surface area contributed by atoms with Gasteiger partial charge in [-0.05, 0) is 46.4 Å². The zero-order valence-corrected chi connectivity index (χ0v) is 19.3. The monoisotopic (exact) mass is 462 g/mol. The molecule has 1 saturated heterocycles. The molecule has 3 aliphatic rings. The van der Waals surface area contributed by atoms with Gasteiger partial charge in [0, 0.05) is 31.5 Å². The number of carboxylic acid groups (broad SMARTS) is 1. The lowest BCUT2D eigenvalue weighted by Crippen LogP contribution is -2.33. The molecular weight excluding hydrogens is 432 g/mol. The second kappa shape index (κ2) is 9.12. The van der Waals surface area contributed by atoms with Crippen molar-refractivity contribution in [2.75, 3.05) is 26.2 Å². The SMILES string of the molecule is C[C@@H]1CN(C(=O)[C@@H]2C[C@@H]2CNC(=O)OCC2c3ccccc3-c3ccccc32)C[C@H]1CC(=O)O. The Bertz CT molecular complexity index is 1070. The van der Waals surface area contributed by atoms with Gasteiger partial charge in [-0.3, -0.25) is 9.59 Å². The minimum atomic E-state index is -0.817. The summed E-state index contributed by atoms with van der Waals surface area (Å²) >= 11 is 0. The summed E-state index contributed by atoms with van der Waals surface area (Å²) in [6.45, 7) is 3.80. The third kappa shape index (κ3) is 4.39. The first kappa shape index (κ1) is 22.4. The Kier molecular flexibility index (Phi) is 6.02. The van der Waals surface area contributed by atoms with Gasteiger partial charge in [-0.25, -0.2) is 4.79 Å². The summed E-state index contributed by atoms with van der Waals surface area (Å²) in [5.74, 6) is -0.494. The van der Waals surface area contributed by atoms with Crippen LogP contribution in [0.2, 0.25) is 0 Å². The largest absolute Gasteiger partial charge is 0.481 e. The highest BCUT2D eigenvalue weighted by atomic mass is 16.5. The van der Waals surface area contributed by atoms with Gasteiger partial charge in [0.25, 0.3) is 0 Å². The van der Waals surface area contributed by atoms with Gasteiger partial charge in [-0.2, -0.15) is 0 Å². The Labute approximate surface area is 199 Å². The highest BCUT2D eigenvalue weighted by Gasteiger charge is 2.47. The van der Waals surface area contributed by atoms with Crippen LogP contribution in [0.1, 0.15) is 36.8 Å². The first-order chi connectivity index (χ1) is 16.4. The van der Waals surface area contributed by atoms with E-state index in [9.17, 15) is 14.4 Å². The lowest BCUT2D eigenvalue weighted by atomic mass is 9.95. The first-order valence-electron chi connectivity index (χ1n) is 12.0. The molecule has 0 unspecified atom stereocenters. The number of nitrogens with zero attached hydrogens (tertiary/aromatic N) is 1. The molecule has 178 valence electrons. The zero-order chi connectivity index (χ0) is 23.8. The Morgan fingerprint density at radius 3 is 2.29 bits per heavy atom. The standard InChI is InChI=1S/C27H30N2O5/c1-16-13-29(14-18(16)11-25(30)31)26(32)23-10-17(23)12-28-27(33)34-15-24-21-8-4-2-6-19(21)20-7-3-5-9-22(20)24/h2-9,16-18,23-24H,10-15H2,1H3,(H,28,33)(H,30,31)/t16-,17-,18-,23-/m1/s1. The molecule has 4 atom stereocenters. The molecular formula is C27H30N2O5. The smallest absolute Gasteiger partial charge is 0.407 e. The third-order valence-corrected chi connectivity index (χ3v) is 7.61. The fraction of sp³-hybridized carbons (Fsp3) is 0.444. The van der Waals surface area contributed by atoms with Gasteiger partial charge in [0.2, 0.25) is 5.91 Å². The first-order valence-corrected chi connectivity index (χ1v) is 12.0. The van der Waals surface area contributed by atoms with Gasteiger partial charge in [-0.1, -0.05) is 55.5 Å². The second-order valence-electron chi connectivity index (χ2n) is 9.89. The number of hydrogen-bond donors (Lipinski definition) is 2. The van der Waals surface area contributed by atoms with E-state index in [2.05, 4.69) is 29.6 Å². The molecule has 1 heterocycles. The number of likely N-dealkylation sites (tertiary alicyclic amines) is 1. The lowest BCUT2D eigenvalue weighted by Gasteiger charge is -2.16. The summed E-state index contributed by atoms with van der Waals surface area (Å²) in [7, 11) is 0. The van der Waals surface area contributed by atoms with E-state index >= 15 is 0 Å². The minimum Gasteiger partial charge on any atom is -0.481 e. The molecule has 34 heavy (non-hydrogen) atoms. The fourth-order valence-electron chi connectivity index (χ4n) is 5.58. The van der Waals surface area contributed by atoms with Crippen LogP contribution in [0.3, 0.4) is 0 Å². The molecule has 2 N–H and O–H groups in total. The van der Waals surface area contributed by atoms with Crippen LogP contribution in [0.5, 0.6) is 0 Å². The molecule has 0 spiro atoms. The molecule has 0 radical (unpaired) electrons. The predicted octanol–water partition coefficient (Wildman–Crippen LogP) is 3.73. The number of alkyl carbamates (subject to hydrolysis) is 1. The van der Waals surface area contributed by atoms with Gasteiger partial charge in [-0.15, -0.1) is 0 Å². The van der Waals surface area contributed by atoms with Gasteiger partial charge in [0.15, 0.2) is 0 Å². The Morgan fingerprint density at radius 2 is 1.65 bits per heavy atom. The molecule has 2 fully saturated rings. The van der Waals surface area contributed by atoms with Crippen molar-refractivity contribution in [1.82, 2.24) is 10.2 Å². The highest BCUT2D eigenvalue weighted by molar-refractivity contribution is 5.82. The number of ether oxygens (including phenoxy) is 1. The number of fused-ring (bicyclic) bond motifs is 3. The summed E-state index contributed by atoms with van der Waals surface area (Å²) in [5, 5.41) is 11.9. The maximum atomic E-state index is 12.8. The van der Waals surface area contributed by atoms with Crippen molar-refractivity contribution >= 4 is 18.0 Å². The number of amides is 2. The van der Waals surface area contributed by atoms with E-state index in [-0.39, 0.29) is 48.5 Å². The quantitative estimate of drug-likeness (QED) is 0.654. The molecule has 2 amide bonds. The fourth-order valence-corrected chi connectivity index (χ4v) is 5.58. The zero-order valence-electron chi connectivity index (χ0n) is 19.3. The van der Waals surface area contributed by atoms with E-state index in [4.69, 9.17) is 9.84 Å². The number of hydrogen-bond acceptors (Lipinski definition) is 4. The molecule has 2 aromatic carbocycles. The van der Waals surface area contributed by atoms with Crippen LogP contribution in [-0.2, 0) is 14.3 Å². The van der Waals surface area contributed by atoms with Gasteiger partial charge in [0.05, 0.1) is 6.42 Å². The Balaban J connectivity index is 1.09. The van der Waals surface area contributed by atoms with Crippen molar-refractivity contribution in [3.63, 3.8) is 0 Å². The average molecular weight is 463 g/mol. The number of nitrogens with one attached hydrogen (secondary N) is 1. The Morgan fingerprint density at radius 1 is 1.00 bits per heavy atom. The molecule has 2 aromatic rings. The van der Waals surface area contributed by atoms with E-state index in [0.717, 1.165) is 6.42 Å². The van der Waals surface area contributed by atoms with Crippen molar-refractivity contribution in [2.24, 2.45) is 23.7 Å². The van der Waals surface area contributed by atoms with Crippen molar-refractivity contribution in [3.8, 4) is 11.1 Å². The van der Waals surface area contributed by atoms with Crippen molar-refractivity contribution in [3.05, 3.63) is 59.7 Å².